The van der Waals surface area contributed by atoms with E-state index >= 15 is 0 Å². The van der Waals surface area contributed by atoms with Gasteiger partial charge in [0.25, 0.3) is 5.91 Å². The lowest BCUT2D eigenvalue weighted by atomic mass is 10.1. The summed E-state index contributed by atoms with van der Waals surface area (Å²) in [6, 6.07) is 10.2. The SMILES string of the molecule is Cc1cc(N(C)C(=O)C(=O)NNC(=O)C=CC(=O)O)c(O)c(-n2nc3ccccc3n2)c1. The van der Waals surface area contributed by atoms with E-state index < -0.39 is 23.7 Å². The van der Waals surface area contributed by atoms with Gasteiger partial charge in [-0.2, -0.15) is 0 Å². The number of hydrazine groups is 1. The van der Waals surface area contributed by atoms with Gasteiger partial charge in [0.1, 0.15) is 16.7 Å². The van der Waals surface area contributed by atoms with E-state index in [1.807, 2.05) is 10.9 Å². The van der Waals surface area contributed by atoms with Gasteiger partial charge in [-0.15, -0.1) is 15.0 Å². The van der Waals surface area contributed by atoms with Crippen molar-refractivity contribution in [3.8, 4) is 11.4 Å². The molecule has 3 amide bonds. The molecular weight excluding hydrogens is 420 g/mol. The van der Waals surface area contributed by atoms with Gasteiger partial charge in [-0.25, -0.2) is 4.79 Å². The molecule has 0 saturated carbocycles. The van der Waals surface area contributed by atoms with Crippen LogP contribution < -0.4 is 15.8 Å². The molecule has 4 N–H and O–H groups in total. The summed E-state index contributed by atoms with van der Waals surface area (Å²) in [4.78, 5) is 48.5. The maximum absolute atomic E-state index is 12.5. The fourth-order valence-corrected chi connectivity index (χ4v) is 2.74. The van der Waals surface area contributed by atoms with E-state index in [9.17, 15) is 24.3 Å². The van der Waals surface area contributed by atoms with Crippen LogP contribution in [-0.2, 0) is 19.2 Å². The number of benzene rings is 2. The van der Waals surface area contributed by atoms with Crippen molar-refractivity contribution in [3.63, 3.8) is 0 Å². The highest BCUT2D eigenvalue weighted by Gasteiger charge is 2.25. The van der Waals surface area contributed by atoms with Crippen LogP contribution in [0.4, 0.5) is 5.69 Å². The molecule has 0 bridgehead atoms. The summed E-state index contributed by atoms with van der Waals surface area (Å²) in [7, 11) is 1.26. The number of rotatable bonds is 4. The third kappa shape index (κ3) is 4.70. The van der Waals surface area contributed by atoms with Gasteiger partial charge >= 0.3 is 17.8 Å². The van der Waals surface area contributed by atoms with Gasteiger partial charge in [-0.1, -0.05) is 12.1 Å². The number of aromatic hydroxyl groups is 1. The second-order valence-electron chi connectivity index (χ2n) is 6.61. The molecule has 3 rings (SSSR count). The number of nitrogens with zero attached hydrogens (tertiary/aromatic N) is 4. The standard InChI is InChI=1S/C20H18N6O6/c1-11-9-14(25(2)20(32)19(31)22-21-16(27)7-8-17(28)29)18(30)15(10-11)26-23-12-5-3-4-6-13(12)24-26/h3-10,30H,1-2H3,(H,21,27)(H,22,31)(H,28,29). The first-order valence-corrected chi connectivity index (χ1v) is 9.12. The van der Waals surface area contributed by atoms with E-state index in [4.69, 9.17) is 5.11 Å². The molecule has 1 aromatic heterocycles. The van der Waals surface area contributed by atoms with E-state index in [-0.39, 0.29) is 17.1 Å². The van der Waals surface area contributed by atoms with E-state index in [1.165, 1.54) is 17.9 Å². The molecule has 12 nitrogen and oxygen atoms in total. The first kappa shape index (κ1) is 22.0. The van der Waals surface area contributed by atoms with Crippen molar-refractivity contribution < 1.29 is 29.4 Å². The molecule has 3 aromatic rings. The number of phenolic OH excluding ortho intramolecular Hbond substituents is 1. The molecule has 0 unspecified atom stereocenters. The van der Waals surface area contributed by atoms with Crippen molar-refractivity contribution in [1.82, 2.24) is 25.8 Å². The summed E-state index contributed by atoms with van der Waals surface area (Å²) in [6.45, 7) is 1.73. The summed E-state index contributed by atoms with van der Waals surface area (Å²) < 4.78 is 0. The summed E-state index contributed by atoms with van der Waals surface area (Å²) in [6.07, 6.45) is 1.23. The van der Waals surface area contributed by atoms with Gasteiger partial charge in [0, 0.05) is 19.2 Å². The maximum atomic E-state index is 12.5. The molecule has 164 valence electrons. The minimum atomic E-state index is -1.35. The fraction of sp³-hybridized carbons (Fsp3) is 0.100. The van der Waals surface area contributed by atoms with Crippen molar-refractivity contribution in [2.45, 2.75) is 6.92 Å². The second-order valence-corrected chi connectivity index (χ2v) is 6.61. The average Bonchev–Trinajstić information content (AvgIpc) is 3.20. The summed E-state index contributed by atoms with van der Waals surface area (Å²) >= 11 is 0. The Labute approximate surface area is 180 Å². The smallest absolute Gasteiger partial charge is 0.328 e. The molecule has 0 atom stereocenters. The number of hydrogen-bond acceptors (Lipinski definition) is 7. The third-order valence-electron chi connectivity index (χ3n) is 4.25. The number of carbonyl (C=O) groups is 4. The molecule has 0 aliphatic heterocycles. The van der Waals surface area contributed by atoms with E-state index in [0.29, 0.717) is 28.7 Å². The molecule has 0 fully saturated rings. The minimum absolute atomic E-state index is 0.0126. The first-order chi connectivity index (χ1) is 15.2. The van der Waals surface area contributed by atoms with Crippen molar-refractivity contribution in [2.75, 3.05) is 11.9 Å². The zero-order chi connectivity index (χ0) is 23.4. The highest BCUT2D eigenvalue weighted by molar-refractivity contribution is 6.40. The summed E-state index contributed by atoms with van der Waals surface area (Å²) in [5.74, 6) is -4.96. The number of aryl methyl sites for hydroxylation is 1. The number of carboxylic acid groups (broad SMARTS) is 1. The Morgan fingerprint density at radius 1 is 1.03 bits per heavy atom. The number of phenols is 1. The average molecular weight is 438 g/mol. The number of anilines is 1. The third-order valence-corrected chi connectivity index (χ3v) is 4.25. The Kier molecular flexibility index (Phi) is 6.14. The van der Waals surface area contributed by atoms with Gasteiger partial charge in [0.05, 0.1) is 5.69 Å². The van der Waals surface area contributed by atoms with Crippen LogP contribution in [0.2, 0.25) is 0 Å². The van der Waals surface area contributed by atoms with Gasteiger partial charge in [-0.05, 0) is 36.8 Å². The zero-order valence-electron chi connectivity index (χ0n) is 16.9. The number of nitrogens with one attached hydrogen (secondary N) is 2. The molecule has 0 radical (unpaired) electrons. The number of likely N-dealkylation sites (N-methyl/N-ethyl adjacent to an activating group) is 1. The number of amides is 3. The number of carbonyl (C=O) groups excluding carboxylic acids is 3. The van der Waals surface area contributed by atoms with Crippen LogP contribution in [-0.4, -0.2) is 55.9 Å². The number of hydrogen-bond donors (Lipinski definition) is 4. The Bertz CT molecular complexity index is 1230. The molecule has 32 heavy (non-hydrogen) atoms. The Balaban J connectivity index is 1.82. The van der Waals surface area contributed by atoms with Crippen molar-refractivity contribution in [3.05, 3.63) is 54.1 Å². The van der Waals surface area contributed by atoms with Crippen LogP contribution in [0.5, 0.6) is 5.75 Å². The Morgan fingerprint density at radius 2 is 1.66 bits per heavy atom. The van der Waals surface area contributed by atoms with E-state index in [1.54, 1.807) is 37.3 Å². The minimum Gasteiger partial charge on any atom is -0.504 e. The molecule has 1 heterocycles. The zero-order valence-corrected chi connectivity index (χ0v) is 16.9. The van der Waals surface area contributed by atoms with Crippen LogP contribution in [0, 0.1) is 6.92 Å². The molecule has 12 heteroatoms. The van der Waals surface area contributed by atoms with Gasteiger partial charge in [-0.3, -0.25) is 25.2 Å². The van der Waals surface area contributed by atoms with Gasteiger partial charge in [0.15, 0.2) is 5.75 Å². The number of aliphatic carboxylic acids is 1. The molecular formula is C20H18N6O6. The fourth-order valence-electron chi connectivity index (χ4n) is 2.74. The predicted molar refractivity (Wildman–Crippen MR) is 112 cm³/mol. The maximum Gasteiger partial charge on any atom is 0.328 e. The molecule has 0 spiro atoms. The van der Waals surface area contributed by atoms with Crippen LogP contribution in [0.15, 0.2) is 48.6 Å². The topological polar surface area (TPSA) is 167 Å². The summed E-state index contributed by atoms with van der Waals surface area (Å²) in [5, 5.41) is 27.9. The van der Waals surface area contributed by atoms with Crippen molar-refractivity contribution in [2.24, 2.45) is 0 Å². The number of fused-ring (bicyclic) bond motifs is 1. The second kappa shape index (κ2) is 8.95. The molecule has 0 aliphatic carbocycles. The van der Waals surface area contributed by atoms with Crippen LogP contribution in [0.3, 0.4) is 0 Å². The highest BCUT2D eigenvalue weighted by Crippen LogP contribution is 2.34. The van der Waals surface area contributed by atoms with Crippen LogP contribution in [0.1, 0.15) is 5.56 Å². The van der Waals surface area contributed by atoms with E-state index in [0.717, 1.165) is 4.90 Å². The van der Waals surface area contributed by atoms with Gasteiger partial charge < -0.3 is 15.1 Å². The first-order valence-electron chi connectivity index (χ1n) is 9.12. The molecule has 0 saturated heterocycles. The lowest BCUT2D eigenvalue weighted by molar-refractivity contribution is -0.139. The van der Waals surface area contributed by atoms with Crippen molar-refractivity contribution in [1.29, 1.82) is 0 Å². The lowest BCUT2D eigenvalue weighted by Gasteiger charge is -2.20. The normalized spacial score (nSPS) is 10.8. The quantitative estimate of drug-likeness (QED) is 0.254. The lowest BCUT2D eigenvalue weighted by Crippen LogP contribution is -2.48. The number of aromatic nitrogens is 3. The van der Waals surface area contributed by atoms with Gasteiger partial charge in [0.2, 0.25) is 0 Å². The Morgan fingerprint density at radius 3 is 2.25 bits per heavy atom. The van der Waals surface area contributed by atoms with Crippen LogP contribution in [0.25, 0.3) is 16.7 Å². The molecule has 2 aromatic carbocycles. The largest absolute Gasteiger partial charge is 0.504 e. The van der Waals surface area contributed by atoms with Crippen LogP contribution >= 0.6 is 0 Å². The highest BCUT2D eigenvalue weighted by atomic mass is 16.4. The molecule has 0 aliphatic rings. The number of carboxylic acids is 1. The monoisotopic (exact) mass is 438 g/mol. The van der Waals surface area contributed by atoms with E-state index in [2.05, 4.69) is 10.2 Å². The Hall–Kier alpha value is -4.74. The predicted octanol–water partition coefficient (Wildman–Crippen LogP) is 0.186. The van der Waals surface area contributed by atoms with Crippen molar-refractivity contribution >= 4 is 40.4 Å². The summed E-state index contributed by atoms with van der Waals surface area (Å²) in [5.41, 5.74) is 5.82.